The largest absolute Gasteiger partial charge is 0.458 e. The number of anilines is 1. The lowest BCUT2D eigenvalue weighted by Gasteiger charge is -2.14. The first kappa shape index (κ1) is 19.4. The second-order valence-corrected chi connectivity index (χ2v) is 7.41. The van der Waals surface area contributed by atoms with Gasteiger partial charge in [-0.2, -0.15) is 0 Å². The molecule has 7 nitrogen and oxygen atoms in total. The minimum atomic E-state index is -0.461. The monoisotopic (exact) mass is 421 g/mol. The fraction of sp³-hybridized carbons (Fsp3) is 0.0800. The molecule has 0 fully saturated rings. The summed E-state index contributed by atoms with van der Waals surface area (Å²) in [5.74, 6) is 3.02. The minimum absolute atomic E-state index is 0.111. The van der Waals surface area contributed by atoms with E-state index in [2.05, 4.69) is 21.3 Å². The molecule has 0 aliphatic carbocycles. The van der Waals surface area contributed by atoms with Crippen LogP contribution in [0.25, 0.3) is 27.7 Å². The highest BCUT2D eigenvalue weighted by molar-refractivity contribution is 6.04. The molecule has 0 aliphatic heterocycles. The molecule has 1 amide bonds. The highest BCUT2D eigenvalue weighted by atomic mass is 16.3. The number of carbonyl (C=O) groups is 1. The third-order valence-electron chi connectivity index (χ3n) is 5.33. The highest BCUT2D eigenvalue weighted by Crippen LogP contribution is 2.38. The van der Waals surface area contributed by atoms with Crippen LogP contribution in [0.15, 0.2) is 71.4 Å². The zero-order valence-corrected chi connectivity index (χ0v) is 17.2. The van der Waals surface area contributed by atoms with Gasteiger partial charge in [0.2, 0.25) is 0 Å². The smallest absolute Gasteiger partial charge is 0.259 e. The summed E-state index contributed by atoms with van der Waals surface area (Å²) in [6.45, 7) is 1.86. The molecular weight excluding hydrogens is 402 g/mol. The predicted molar refractivity (Wildman–Crippen MR) is 123 cm³/mol. The molecule has 32 heavy (non-hydrogen) atoms. The molecule has 5 rings (SSSR count). The number of benzene rings is 2. The molecule has 0 saturated heterocycles. The summed E-state index contributed by atoms with van der Waals surface area (Å²) in [6, 6.07) is 16.7. The Kier molecular flexibility index (Phi) is 4.61. The summed E-state index contributed by atoms with van der Waals surface area (Å²) in [5.41, 5.74) is 9.92. The lowest BCUT2D eigenvalue weighted by molar-refractivity contribution is 0.0938. The summed E-state index contributed by atoms with van der Waals surface area (Å²) in [5, 5.41) is 8.04. The molecule has 2 aromatic carbocycles. The Morgan fingerprint density at radius 1 is 1.22 bits per heavy atom. The molecule has 0 radical (unpaired) electrons. The number of hydrogen-bond acceptors (Lipinski definition) is 5. The quantitative estimate of drug-likeness (QED) is 0.424. The fourth-order valence-corrected chi connectivity index (χ4v) is 3.87. The van der Waals surface area contributed by atoms with Gasteiger partial charge in [-0.05, 0) is 36.8 Å². The van der Waals surface area contributed by atoms with Crippen LogP contribution < -0.4 is 11.1 Å². The number of terminal acetylenes is 1. The van der Waals surface area contributed by atoms with Crippen molar-refractivity contribution < 1.29 is 9.21 Å². The molecule has 0 saturated carbocycles. The molecule has 3 heterocycles. The number of nitrogens with two attached hydrogens (primary N) is 1. The van der Waals surface area contributed by atoms with Gasteiger partial charge in [-0.15, -0.1) is 11.5 Å². The number of fused-ring (bicyclic) bond motifs is 2. The average molecular weight is 421 g/mol. The second kappa shape index (κ2) is 7.60. The molecule has 0 bridgehead atoms. The lowest BCUT2D eigenvalue weighted by Crippen LogP contribution is -2.27. The Morgan fingerprint density at radius 2 is 2.03 bits per heavy atom. The van der Waals surface area contributed by atoms with Gasteiger partial charge in [-0.1, -0.05) is 36.3 Å². The third kappa shape index (κ3) is 3.15. The van der Waals surface area contributed by atoms with Crippen LogP contribution in [0.4, 0.5) is 5.82 Å². The molecule has 3 aromatic heterocycles. The van der Waals surface area contributed by atoms with Gasteiger partial charge in [0.05, 0.1) is 6.04 Å². The van der Waals surface area contributed by atoms with Gasteiger partial charge in [0.15, 0.2) is 11.5 Å². The SMILES string of the molecule is C#Cc1ccc2oc([C@H](C)NC(=O)c3c(N)nn4cccnc34)c(-c3ccccc3)c2c1. The average Bonchev–Trinajstić information content (AvgIpc) is 3.36. The number of nitrogens with one attached hydrogen (secondary N) is 1. The van der Waals surface area contributed by atoms with E-state index in [9.17, 15) is 4.79 Å². The minimum Gasteiger partial charge on any atom is -0.458 e. The van der Waals surface area contributed by atoms with E-state index in [4.69, 9.17) is 16.6 Å². The highest BCUT2D eigenvalue weighted by Gasteiger charge is 2.25. The van der Waals surface area contributed by atoms with Gasteiger partial charge in [0.1, 0.15) is 16.9 Å². The van der Waals surface area contributed by atoms with Crippen molar-refractivity contribution in [2.45, 2.75) is 13.0 Å². The number of amides is 1. The van der Waals surface area contributed by atoms with Crippen molar-refractivity contribution >= 4 is 28.3 Å². The predicted octanol–water partition coefficient (Wildman–Crippen LogP) is 4.20. The number of nitrogens with zero attached hydrogens (tertiary/aromatic N) is 3. The van der Waals surface area contributed by atoms with E-state index in [1.165, 1.54) is 4.52 Å². The number of nitrogen functional groups attached to an aromatic ring is 1. The zero-order chi connectivity index (χ0) is 22.2. The van der Waals surface area contributed by atoms with Crippen molar-refractivity contribution in [2.75, 3.05) is 5.73 Å². The topological polar surface area (TPSA) is 98.5 Å². The Bertz CT molecular complexity index is 1510. The van der Waals surface area contributed by atoms with Crippen LogP contribution in [0.3, 0.4) is 0 Å². The maximum atomic E-state index is 13.1. The zero-order valence-electron chi connectivity index (χ0n) is 17.2. The van der Waals surface area contributed by atoms with Gasteiger partial charge in [-0.3, -0.25) is 4.79 Å². The Morgan fingerprint density at radius 3 is 2.81 bits per heavy atom. The molecule has 5 aromatic rings. The van der Waals surface area contributed by atoms with Crippen molar-refractivity contribution in [3.05, 3.63) is 83.9 Å². The third-order valence-corrected chi connectivity index (χ3v) is 5.33. The number of hydrogen-bond donors (Lipinski definition) is 2. The molecule has 7 heteroatoms. The van der Waals surface area contributed by atoms with Gasteiger partial charge in [-0.25, -0.2) is 9.50 Å². The van der Waals surface area contributed by atoms with Crippen molar-refractivity contribution in [1.82, 2.24) is 19.9 Å². The van der Waals surface area contributed by atoms with Crippen LogP contribution >= 0.6 is 0 Å². The Labute approximate surface area is 183 Å². The molecule has 0 aliphatic rings. The Hall–Kier alpha value is -4.57. The molecule has 156 valence electrons. The number of carbonyl (C=O) groups excluding carboxylic acids is 1. The van der Waals surface area contributed by atoms with E-state index in [0.717, 1.165) is 22.1 Å². The van der Waals surface area contributed by atoms with Gasteiger partial charge < -0.3 is 15.5 Å². The van der Waals surface area contributed by atoms with Crippen molar-refractivity contribution in [2.24, 2.45) is 0 Å². The Balaban J connectivity index is 1.59. The maximum absolute atomic E-state index is 13.1. The summed E-state index contributed by atoms with van der Waals surface area (Å²) in [4.78, 5) is 17.4. The first-order valence-corrected chi connectivity index (χ1v) is 10.0. The van der Waals surface area contributed by atoms with Crippen LogP contribution in [0.2, 0.25) is 0 Å². The van der Waals surface area contributed by atoms with Gasteiger partial charge in [0.25, 0.3) is 5.91 Å². The number of rotatable bonds is 4. The van der Waals surface area contributed by atoms with Crippen LogP contribution in [0.5, 0.6) is 0 Å². The van der Waals surface area contributed by atoms with E-state index < -0.39 is 6.04 Å². The molecule has 3 N–H and O–H groups in total. The van der Waals surface area contributed by atoms with E-state index in [1.54, 1.807) is 18.5 Å². The van der Waals surface area contributed by atoms with Gasteiger partial charge >= 0.3 is 0 Å². The van der Waals surface area contributed by atoms with E-state index in [0.29, 0.717) is 17.0 Å². The van der Waals surface area contributed by atoms with E-state index >= 15 is 0 Å². The van der Waals surface area contributed by atoms with E-state index in [1.807, 2.05) is 55.5 Å². The summed E-state index contributed by atoms with van der Waals surface area (Å²) in [6.07, 6.45) is 8.89. The fourth-order valence-electron chi connectivity index (χ4n) is 3.87. The number of aromatic nitrogens is 3. The van der Waals surface area contributed by atoms with Crippen LogP contribution in [-0.4, -0.2) is 20.5 Å². The van der Waals surface area contributed by atoms with Crippen molar-refractivity contribution in [1.29, 1.82) is 0 Å². The molecule has 0 unspecified atom stereocenters. The van der Waals surface area contributed by atoms with Crippen LogP contribution in [0, 0.1) is 12.3 Å². The maximum Gasteiger partial charge on any atom is 0.259 e. The van der Waals surface area contributed by atoms with Crippen molar-refractivity contribution in [3.8, 4) is 23.5 Å². The number of furan rings is 1. The molecule has 0 spiro atoms. The van der Waals surface area contributed by atoms with Gasteiger partial charge in [0, 0.05) is 28.9 Å². The second-order valence-electron chi connectivity index (χ2n) is 7.41. The standard InChI is InChI=1S/C25H19N5O2/c1-3-16-10-11-19-18(14-16)20(17-8-5-4-6-9-17)22(32-19)15(2)28-25(31)21-23(26)29-30-13-7-12-27-24(21)30/h1,4-15H,2H3,(H2,26,29)(H,28,31)/t15-/m0/s1. The van der Waals surface area contributed by atoms with Crippen LogP contribution in [0.1, 0.15) is 34.6 Å². The lowest BCUT2D eigenvalue weighted by atomic mass is 9.98. The summed E-state index contributed by atoms with van der Waals surface area (Å²) >= 11 is 0. The normalized spacial score (nSPS) is 12.0. The first-order valence-electron chi connectivity index (χ1n) is 10.0. The van der Waals surface area contributed by atoms with Crippen LogP contribution in [-0.2, 0) is 0 Å². The molecular formula is C25H19N5O2. The summed E-state index contributed by atoms with van der Waals surface area (Å²) in [7, 11) is 0. The van der Waals surface area contributed by atoms with Crippen molar-refractivity contribution in [3.63, 3.8) is 0 Å². The summed E-state index contributed by atoms with van der Waals surface area (Å²) < 4.78 is 7.68. The first-order chi connectivity index (χ1) is 15.6. The van der Waals surface area contributed by atoms with E-state index in [-0.39, 0.29) is 17.3 Å². The molecule has 1 atom stereocenters.